The average Bonchev–Trinajstić information content (AvgIpc) is 2.26. The van der Waals surface area contributed by atoms with Crippen molar-refractivity contribution in [1.29, 1.82) is 0 Å². The van der Waals surface area contributed by atoms with E-state index in [-0.39, 0.29) is 0 Å². The lowest BCUT2D eigenvalue weighted by molar-refractivity contribution is 0.167. The van der Waals surface area contributed by atoms with Crippen LogP contribution in [0.2, 0.25) is 0 Å². The molecule has 0 aliphatic carbocycles. The van der Waals surface area contributed by atoms with Crippen LogP contribution >= 0.6 is 0 Å². The van der Waals surface area contributed by atoms with Crippen LogP contribution in [0.15, 0.2) is 24.3 Å². The first kappa shape index (κ1) is 11.0. The Kier molecular flexibility index (Phi) is 4.43. The van der Waals surface area contributed by atoms with Gasteiger partial charge in [0.05, 0.1) is 13.2 Å². The Labute approximate surface area is 84.7 Å². The summed E-state index contributed by atoms with van der Waals surface area (Å²) in [6.45, 7) is 0.804. The van der Waals surface area contributed by atoms with E-state index in [4.69, 9.17) is 4.74 Å². The topological polar surface area (TPSA) is 41.5 Å². The van der Waals surface area contributed by atoms with Crippen molar-refractivity contribution in [2.24, 2.45) is 0 Å². The summed E-state index contributed by atoms with van der Waals surface area (Å²) in [5.74, 6) is 0.783. The molecule has 0 heterocycles. The maximum atomic E-state index is 9.78. The van der Waals surface area contributed by atoms with E-state index in [1.54, 1.807) is 7.11 Å². The van der Waals surface area contributed by atoms with Gasteiger partial charge < -0.3 is 15.2 Å². The van der Waals surface area contributed by atoms with Crippen LogP contribution in [0.3, 0.4) is 0 Å². The van der Waals surface area contributed by atoms with Gasteiger partial charge in [-0.15, -0.1) is 0 Å². The largest absolute Gasteiger partial charge is 0.497 e. The fourth-order valence-electron chi connectivity index (χ4n) is 1.30. The Morgan fingerprint density at radius 1 is 1.50 bits per heavy atom. The molecule has 1 aromatic carbocycles. The Balaban J connectivity index is 2.64. The van der Waals surface area contributed by atoms with Gasteiger partial charge in [-0.2, -0.15) is 0 Å². The van der Waals surface area contributed by atoms with Gasteiger partial charge in [0.25, 0.3) is 0 Å². The van der Waals surface area contributed by atoms with Gasteiger partial charge in [-0.3, -0.25) is 0 Å². The summed E-state index contributed by atoms with van der Waals surface area (Å²) in [6.07, 6.45) is 0.293. The number of hydrogen-bond donors (Lipinski definition) is 2. The van der Waals surface area contributed by atoms with E-state index < -0.39 is 6.10 Å². The smallest absolute Gasteiger partial charge is 0.119 e. The van der Waals surface area contributed by atoms with Crippen LogP contribution in [0.5, 0.6) is 5.75 Å². The van der Waals surface area contributed by atoms with Crippen LogP contribution in [-0.2, 0) is 0 Å². The molecule has 0 aliphatic heterocycles. The summed E-state index contributed by atoms with van der Waals surface area (Å²) in [5, 5.41) is 12.8. The second-order valence-electron chi connectivity index (χ2n) is 3.18. The van der Waals surface area contributed by atoms with Crippen LogP contribution in [0.4, 0.5) is 0 Å². The van der Waals surface area contributed by atoms with Crippen molar-refractivity contribution in [2.45, 2.75) is 12.5 Å². The zero-order valence-electron chi connectivity index (χ0n) is 8.66. The molecule has 1 aromatic rings. The van der Waals surface area contributed by atoms with Crippen LogP contribution in [0, 0.1) is 0 Å². The van der Waals surface area contributed by atoms with Gasteiger partial charge in [-0.25, -0.2) is 0 Å². The molecule has 1 rings (SSSR count). The van der Waals surface area contributed by atoms with E-state index in [9.17, 15) is 5.11 Å². The number of hydrogen-bond acceptors (Lipinski definition) is 3. The normalized spacial score (nSPS) is 12.5. The first-order valence-corrected chi connectivity index (χ1v) is 4.74. The highest BCUT2D eigenvalue weighted by Crippen LogP contribution is 2.20. The number of aliphatic hydroxyl groups excluding tert-OH is 1. The van der Waals surface area contributed by atoms with Crippen molar-refractivity contribution in [3.63, 3.8) is 0 Å². The lowest BCUT2D eigenvalue weighted by Gasteiger charge is -2.11. The van der Waals surface area contributed by atoms with Crippen molar-refractivity contribution in [3.8, 4) is 5.75 Å². The van der Waals surface area contributed by atoms with Gasteiger partial charge in [-0.05, 0) is 37.7 Å². The second-order valence-corrected chi connectivity index (χ2v) is 3.18. The highest BCUT2D eigenvalue weighted by atomic mass is 16.5. The Morgan fingerprint density at radius 2 is 2.29 bits per heavy atom. The Morgan fingerprint density at radius 3 is 2.93 bits per heavy atom. The van der Waals surface area contributed by atoms with Gasteiger partial charge in [0.2, 0.25) is 0 Å². The van der Waals surface area contributed by atoms with Gasteiger partial charge >= 0.3 is 0 Å². The molecule has 3 nitrogen and oxygen atoms in total. The fraction of sp³-hybridized carbons (Fsp3) is 0.455. The molecule has 0 fully saturated rings. The van der Waals surface area contributed by atoms with Crippen LogP contribution in [-0.4, -0.2) is 25.8 Å². The first-order valence-electron chi connectivity index (χ1n) is 4.74. The van der Waals surface area contributed by atoms with Crippen molar-refractivity contribution in [1.82, 2.24) is 5.32 Å². The third kappa shape index (κ3) is 3.01. The van der Waals surface area contributed by atoms with Gasteiger partial charge in [0, 0.05) is 0 Å². The van der Waals surface area contributed by atoms with Gasteiger partial charge in [-0.1, -0.05) is 12.1 Å². The van der Waals surface area contributed by atoms with Crippen molar-refractivity contribution in [3.05, 3.63) is 29.8 Å². The number of rotatable bonds is 5. The number of aliphatic hydroxyl groups is 1. The molecule has 14 heavy (non-hydrogen) atoms. The minimum atomic E-state index is -0.419. The Hall–Kier alpha value is -1.06. The van der Waals surface area contributed by atoms with Gasteiger partial charge in [0.15, 0.2) is 0 Å². The molecule has 0 aromatic heterocycles. The third-order valence-electron chi connectivity index (χ3n) is 2.15. The summed E-state index contributed by atoms with van der Waals surface area (Å²) in [4.78, 5) is 0. The standard InChI is InChI=1S/C11H17NO2/c1-12-7-6-11(13)9-4-3-5-10(8-9)14-2/h3-5,8,11-13H,6-7H2,1-2H3/t11-/m1/s1. The molecule has 0 radical (unpaired) electrons. The summed E-state index contributed by atoms with van der Waals surface area (Å²) in [6, 6.07) is 7.52. The minimum Gasteiger partial charge on any atom is -0.497 e. The second kappa shape index (κ2) is 5.62. The van der Waals surface area contributed by atoms with Crippen LogP contribution < -0.4 is 10.1 Å². The zero-order valence-corrected chi connectivity index (χ0v) is 8.66. The monoisotopic (exact) mass is 195 g/mol. The maximum absolute atomic E-state index is 9.78. The Bertz CT molecular complexity index is 276. The van der Waals surface area contributed by atoms with Crippen molar-refractivity contribution >= 4 is 0 Å². The summed E-state index contributed by atoms with van der Waals surface area (Å²) in [7, 11) is 3.50. The van der Waals surface area contributed by atoms with E-state index >= 15 is 0 Å². The third-order valence-corrected chi connectivity index (χ3v) is 2.15. The predicted octanol–water partition coefficient (Wildman–Crippen LogP) is 1.34. The molecular weight excluding hydrogens is 178 g/mol. The molecule has 0 spiro atoms. The highest BCUT2D eigenvalue weighted by Gasteiger charge is 2.06. The van der Waals surface area contributed by atoms with E-state index in [0.717, 1.165) is 17.9 Å². The molecule has 0 aliphatic rings. The average molecular weight is 195 g/mol. The molecule has 0 unspecified atom stereocenters. The molecule has 3 heteroatoms. The van der Waals surface area contributed by atoms with E-state index in [1.165, 1.54) is 0 Å². The number of methoxy groups -OCH3 is 1. The molecule has 0 bridgehead atoms. The molecule has 2 N–H and O–H groups in total. The molecular formula is C11H17NO2. The fourth-order valence-corrected chi connectivity index (χ4v) is 1.30. The number of nitrogens with one attached hydrogen (secondary N) is 1. The van der Waals surface area contributed by atoms with Gasteiger partial charge in [0.1, 0.15) is 5.75 Å². The molecule has 1 atom stereocenters. The SMILES string of the molecule is CNCC[C@@H](O)c1cccc(OC)c1. The molecule has 0 saturated carbocycles. The lowest BCUT2D eigenvalue weighted by Crippen LogP contribution is -2.11. The first-order chi connectivity index (χ1) is 6.77. The molecule has 0 amide bonds. The quantitative estimate of drug-likeness (QED) is 0.745. The lowest BCUT2D eigenvalue weighted by atomic mass is 10.1. The van der Waals surface area contributed by atoms with Crippen LogP contribution in [0.1, 0.15) is 18.1 Å². The predicted molar refractivity (Wildman–Crippen MR) is 56.5 cm³/mol. The van der Waals surface area contributed by atoms with E-state index in [1.807, 2.05) is 31.3 Å². The molecule has 0 saturated heterocycles. The maximum Gasteiger partial charge on any atom is 0.119 e. The van der Waals surface area contributed by atoms with E-state index in [0.29, 0.717) is 6.42 Å². The summed E-state index contributed by atoms with van der Waals surface area (Å²) < 4.78 is 5.08. The highest BCUT2D eigenvalue weighted by molar-refractivity contribution is 5.29. The van der Waals surface area contributed by atoms with Crippen molar-refractivity contribution < 1.29 is 9.84 Å². The minimum absolute atomic E-state index is 0.419. The summed E-state index contributed by atoms with van der Waals surface area (Å²) in [5.41, 5.74) is 0.902. The van der Waals surface area contributed by atoms with Crippen LogP contribution in [0.25, 0.3) is 0 Å². The number of benzene rings is 1. The number of ether oxygens (including phenoxy) is 1. The van der Waals surface area contributed by atoms with E-state index in [2.05, 4.69) is 5.32 Å². The summed E-state index contributed by atoms with van der Waals surface area (Å²) >= 11 is 0. The zero-order chi connectivity index (χ0) is 10.4. The molecule has 78 valence electrons. The van der Waals surface area contributed by atoms with Crippen molar-refractivity contribution in [2.75, 3.05) is 20.7 Å².